The van der Waals surface area contributed by atoms with Crippen molar-refractivity contribution in [1.82, 2.24) is 25.8 Å². The average molecular weight is 344 g/mol. The summed E-state index contributed by atoms with van der Waals surface area (Å²) in [6, 6.07) is 4.03. The van der Waals surface area contributed by atoms with Crippen molar-refractivity contribution in [3.8, 4) is 11.6 Å². The van der Waals surface area contributed by atoms with Gasteiger partial charge in [-0.25, -0.2) is 4.98 Å². The summed E-state index contributed by atoms with van der Waals surface area (Å²) in [7, 11) is 0. The van der Waals surface area contributed by atoms with Gasteiger partial charge in [-0.05, 0) is 38.3 Å². The van der Waals surface area contributed by atoms with Crippen molar-refractivity contribution in [2.24, 2.45) is 4.99 Å². The molecule has 0 aromatic carbocycles. The van der Waals surface area contributed by atoms with Gasteiger partial charge in [-0.3, -0.25) is 10.1 Å². The molecule has 2 aliphatic rings. The lowest BCUT2D eigenvalue weighted by Crippen LogP contribution is -2.47. The number of aromatic nitrogens is 3. The van der Waals surface area contributed by atoms with Gasteiger partial charge in [-0.1, -0.05) is 0 Å². The molecule has 4 rings (SSSR count). The number of nitrogens with one attached hydrogen (secondary N) is 3. The molecule has 0 radical (unpaired) electrons. The van der Waals surface area contributed by atoms with E-state index in [2.05, 4.69) is 37.7 Å². The van der Waals surface area contributed by atoms with Gasteiger partial charge in [0.05, 0.1) is 24.5 Å². The van der Waals surface area contributed by atoms with Crippen LogP contribution < -0.4 is 10.6 Å². The second kappa shape index (κ2) is 7.26. The monoisotopic (exact) mass is 344 g/mol. The highest BCUT2D eigenvalue weighted by Crippen LogP contribution is 2.34. The van der Waals surface area contributed by atoms with Crippen molar-refractivity contribution in [3.05, 3.63) is 24.2 Å². The minimum absolute atomic E-state index is 0.332. The third kappa shape index (κ3) is 3.68. The van der Waals surface area contributed by atoms with E-state index >= 15 is 0 Å². The Hall–Kier alpha value is -2.35. The molecule has 0 aliphatic carbocycles. The number of aromatic amines is 1. The third-order valence-corrected chi connectivity index (χ3v) is 4.66. The second-order valence-electron chi connectivity index (χ2n) is 6.45. The van der Waals surface area contributed by atoms with Gasteiger partial charge in [0.1, 0.15) is 5.82 Å². The molecule has 134 valence electrons. The van der Waals surface area contributed by atoms with Crippen LogP contribution in [0.15, 0.2) is 27.8 Å². The first-order valence-corrected chi connectivity index (χ1v) is 8.97. The summed E-state index contributed by atoms with van der Waals surface area (Å²) in [5.41, 5.74) is 0. The van der Waals surface area contributed by atoms with Crippen molar-refractivity contribution in [3.63, 3.8) is 0 Å². The minimum Gasteiger partial charge on any atom is -0.461 e. The summed E-state index contributed by atoms with van der Waals surface area (Å²) in [5, 5.41) is 13.9. The Morgan fingerprint density at radius 3 is 3.12 bits per heavy atom. The van der Waals surface area contributed by atoms with Crippen LogP contribution in [0.3, 0.4) is 0 Å². The molecule has 0 amide bonds. The van der Waals surface area contributed by atoms with Gasteiger partial charge in [-0.2, -0.15) is 5.10 Å². The van der Waals surface area contributed by atoms with Crippen molar-refractivity contribution in [2.45, 2.75) is 50.9 Å². The van der Waals surface area contributed by atoms with Crippen molar-refractivity contribution in [2.75, 3.05) is 13.1 Å². The quantitative estimate of drug-likeness (QED) is 0.542. The van der Waals surface area contributed by atoms with Gasteiger partial charge in [-0.15, -0.1) is 0 Å². The van der Waals surface area contributed by atoms with Gasteiger partial charge in [0, 0.05) is 19.5 Å². The standard InChI is InChI=1S/C17H24N6O2/c1-2-18-17(20-12-10-11-5-6-13(12)25-11)19-8-7-15-21-16(23-22-15)14-4-3-9-24-14/h3-4,9,11-13H,2,5-8,10H2,1H3,(H2,18,19,20)(H,21,22,23). The highest BCUT2D eigenvalue weighted by Gasteiger charge is 2.41. The molecule has 3 N–H and O–H groups in total. The Balaban J connectivity index is 1.32. The number of guanidine groups is 1. The topological polar surface area (TPSA) is 100 Å². The molecule has 2 bridgehead atoms. The van der Waals surface area contributed by atoms with Crippen LogP contribution >= 0.6 is 0 Å². The minimum atomic E-state index is 0.332. The molecule has 3 atom stereocenters. The zero-order valence-electron chi connectivity index (χ0n) is 14.4. The van der Waals surface area contributed by atoms with Crippen LogP contribution in [0.2, 0.25) is 0 Å². The summed E-state index contributed by atoms with van der Waals surface area (Å²) in [5.74, 6) is 2.88. The molecule has 0 spiro atoms. The molecular weight excluding hydrogens is 320 g/mol. The number of nitrogens with zero attached hydrogens (tertiary/aromatic N) is 3. The van der Waals surface area contributed by atoms with E-state index in [-0.39, 0.29) is 0 Å². The van der Waals surface area contributed by atoms with Gasteiger partial charge in [0.25, 0.3) is 0 Å². The van der Waals surface area contributed by atoms with Crippen LogP contribution in [0.25, 0.3) is 11.6 Å². The lowest BCUT2D eigenvalue weighted by atomic mass is 9.96. The van der Waals surface area contributed by atoms with Crippen LogP contribution in [-0.2, 0) is 11.2 Å². The van der Waals surface area contributed by atoms with E-state index in [0.29, 0.717) is 42.8 Å². The predicted octanol–water partition coefficient (Wildman–Crippen LogP) is 1.48. The molecule has 2 aromatic rings. The van der Waals surface area contributed by atoms with Crippen LogP contribution in [-0.4, -0.2) is 52.5 Å². The maximum absolute atomic E-state index is 5.90. The molecule has 2 saturated heterocycles. The number of hydrogen-bond donors (Lipinski definition) is 3. The first kappa shape index (κ1) is 16.1. The summed E-state index contributed by atoms with van der Waals surface area (Å²) < 4.78 is 11.2. The van der Waals surface area contributed by atoms with E-state index in [1.807, 2.05) is 12.1 Å². The normalized spacial score (nSPS) is 25.5. The maximum Gasteiger partial charge on any atom is 0.216 e. The van der Waals surface area contributed by atoms with Crippen LogP contribution in [0, 0.1) is 0 Å². The van der Waals surface area contributed by atoms with Crippen molar-refractivity contribution >= 4 is 5.96 Å². The Kier molecular flexibility index (Phi) is 4.69. The van der Waals surface area contributed by atoms with E-state index < -0.39 is 0 Å². The number of aliphatic imine (C=N–C) groups is 1. The number of H-pyrrole nitrogens is 1. The molecule has 4 heterocycles. The van der Waals surface area contributed by atoms with Crippen LogP contribution in [0.5, 0.6) is 0 Å². The number of furan rings is 1. The fourth-order valence-corrected chi connectivity index (χ4v) is 3.48. The summed E-state index contributed by atoms with van der Waals surface area (Å²) in [4.78, 5) is 9.09. The summed E-state index contributed by atoms with van der Waals surface area (Å²) >= 11 is 0. The van der Waals surface area contributed by atoms with Gasteiger partial charge >= 0.3 is 0 Å². The Labute approximate surface area is 146 Å². The van der Waals surface area contributed by atoms with E-state index in [0.717, 1.165) is 31.2 Å². The van der Waals surface area contributed by atoms with E-state index in [1.54, 1.807) is 6.26 Å². The SMILES string of the molecule is CCNC(=NCCc1nc(-c2ccco2)n[nH]1)NC1CC2CCC1O2. The molecule has 25 heavy (non-hydrogen) atoms. The Bertz CT molecular complexity index is 711. The number of rotatable bonds is 6. The molecule has 0 saturated carbocycles. The highest BCUT2D eigenvalue weighted by atomic mass is 16.5. The first-order valence-electron chi connectivity index (χ1n) is 8.97. The Morgan fingerprint density at radius 2 is 2.40 bits per heavy atom. The Morgan fingerprint density at radius 1 is 1.44 bits per heavy atom. The average Bonchev–Trinajstić information content (AvgIpc) is 3.39. The second-order valence-corrected chi connectivity index (χ2v) is 6.45. The molecule has 2 aromatic heterocycles. The first-order chi connectivity index (χ1) is 12.3. The molecule has 8 nitrogen and oxygen atoms in total. The van der Waals surface area contributed by atoms with E-state index in [9.17, 15) is 0 Å². The predicted molar refractivity (Wildman–Crippen MR) is 93.2 cm³/mol. The lowest BCUT2D eigenvalue weighted by molar-refractivity contribution is 0.0992. The molecule has 3 unspecified atom stereocenters. The summed E-state index contributed by atoms with van der Waals surface area (Å²) in [6.45, 7) is 3.53. The van der Waals surface area contributed by atoms with E-state index in [4.69, 9.17) is 9.15 Å². The fourth-order valence-electron chi connectivity index (χ4n) is 3.48. The van der Waals surface area contributed by atoms with Gasteiger partial charge in [0.2, 0.25) is 5.82 Å². The van der Waals surface area contributed by atoms with Crippen molar-refractivity contribution in [1.29, 1.82) is 0 Å². The zero-order valence-corrected chi connectivity index (χ0v) is 14.4. The molecule has 2 aliphatic heterocycles. The number of hydrogen-bond acceptors (Lipinski definition) is 5. The molecule has 8 heteroatoms. The van der Waals surface area contributed by atoms with Gasteiger partial charge < -0.3 is 19.8 Å². The zero-order chi connectivity index (χ0) is 17.1. The largest absolute Gasteiger partial charge is 0.461 e. The third-order valence-electron chi connectivity index (χ3n) is 4.66. The van der Waals surface area contributed by atoms with Crippen LogP contribution in [0.4, 0.5) is 0 Å². The smallest absolute Gasteiger partial charge is 0.216 e. The van der Waals surface area contributed by atoms with Crippen LogP contribution in [0.1, 0.15) is 32.0 Å². The highest BCUT2D eigenvalue weighted by molar-refractivity contribution is 5.80. The fraction of sp³-hybridized carbons (Fsp3) is 0.588. The van der Waals surface area contributed by atoms with Gasteiger partial charge in [0.15, 0.2) is 11.7 Å². The number of ether oxygens (including phenoxy) is 1. The number of fused-ring (bicyclic) bond motifs is 2. The molecular formula is C17H24N6O2. The lowest BCUT2D eigenvalue weighted by Gasteiger charge is -2.22. The van der Waals surface area contributed by atoms with E-state index in [1.165, 1.54) is 6.42 Å². The maximum atomic E-state index is 5.90. The summed E-state index contributed by atoms with van der Waals surface area (Å²) in [6.07, 6.45) is 6.48. The molecule has 2 fully saturated rings. The van der Waals surface area contributed by atoms with Crippen molar-refractivity contribution < 1.29 is 9.15 Å².